The van der Waals surface area contributed by atoms with Crippen LogP contribution in [0.15, 0.2) is 0 Å². The van der Waals surface area contributed by atoms with Gasteiger partial charge in [0.2, 0.25) is 11.8 Å². The molecule has 1 aromatic rings. The number of piperazine rings is 1. The number of aromatic nitrogens is 1. The van der Waals surface area contributed by atoms with Crippen molar-refractivity contribution in [1.29, 1.82) is 0 Å². The molecule has 0 spiro atoms. The molecular formula is C21H30F2N4OS. The zero-order valence-corrected chi connectivity index (χ0v) is 17.9. The second kappa shape index (κ2) is 7.45. The molecule has 1 saturated carbocycles. The number of rotatable bonds is 3. The number of amides is 1. The summed E-state index contributed by atoms with van der Waals surface area (Å²) < 4.78 is 26.7. The minimum Gasteiger partial charge on any atom is -0.340 e. The minimum absolute atomic E-state index is 0.0688. The lowest BCUT2D eigenvalue weighted by molar-refractivity contribution is -0.134. The normalized spacial score (nSPS) is 29.9. The molecule has 29 heavy (non-hydrogen) atoms. The molecule has 0 N–H and O–H groups in total. The Bertz CT molecular complexity index is 761. The van der Waals surface area contributed by atoms with Gasteiger partial charge in [-0.05, 0) is 38.6 Å². The lowest BCUT2D eigenvalue weighted by Gasteiger charge is -2.39. The summed E-state index contributed by atoms with van der Waals surface area (Å²) in [7, 11) is 2.20. The number of fused-ring (bicyclic) bond motifs is 3. The van der Waals surface area contributed by atoms with Crippen LogP contribution in [0.2, 0.25) is 0 Å². The first-order valence-corrected chi connectivity index (χ1v) is 11.8. The largest absolute Gasteiger partial charge is 0.340 e. The van der Waals surface area contributed by atoms with Crippen LogP contribution in [0.5, 0.6) is 0 Å². The van der Waals surface area contributed by atoms with Crippen LogP contribution in [0, 0.1) is 5.92 Å². The van der Waals surface area contributed by atoms with E-state index in [1.54, 1.807) is 11.3 Å². The molecule has 1 aromatic heterocycles. The monoisotopic (exact) mass is 424 g/mol. The zero-order valence-electron chi connectivity index (χ0n) is 17.1. The maximum atomic E-state index is 13.4. The van der Waals surface area contributed by atoms with Gasteiger partial charge in [-0.15, -0.1) is 0 Å². The van der Waals surface area contributed by atoms with Gasteiger partial charge in [0.05, 0.1) is 12.2 Å². The van der Waals surface area contributed by atoms with Crippen molar-refractivity contribution in [3.63, 3.8) is 0 Å². The van der Waals surface area contributed by atoms with Crippen molar-refractivity contribution in [2.75, 3.05) is 31.6 Å². The van der Waals surface area contributed by atoms with Crippen LogP contribution in [-0.4, -0.2) is 65.4 Å². The van der Waals surface area contributed by atoms with E-state index < -0.39 is 5.92 Å². The number of hydrogen-bond acceptors (Lipinski definition) is 5. The third kappa shape index (κ3) is 3.90. The van der Waals surface area contributed by atoms with Gasteiger partial charge in [0.15, 0.2) is 5.13 Å². The molecule has 2 saturated heterocycles. The van der Waals surface area contributed by atoms with Crippen molar-refractivity contribution in [1.82, 2.24) is 14.8 Å². The molecule has 160 valence electrons. The summed E-state index contributed by atoms with van der Waals surface area (Å²) in [5.74, 6) is -2.29. The maximum Gasteiger partial charge on any atom is 0.248 e. The highest BCUT2D eigenvalue weighted by Gasteiger charge is 2.41. The molecule has 4 aliphatic rings. The number of thiazole rings is 1. The van der Waals surface area contributed by atoms with Crippen LogP contribution in [0.4, 0.5) is 13.9 Å². The minimum atomic E-state index is -2.53. The number of nitrogens with zero attached hydrogens (tertiary/aromatic N) is 4. The first kappa shape index (κ1) is 19.7. The predicted octanol–water partition coefficient (Wildman–Crippen LogP) is 3.53. The van der Waals surface area contributed by atoms with E-state index in [4.69, 9.17) is 4.98 Å². The molecule has 4 heterocycles. The van der Waals surface area contributed by atoms with Crippen LogP contribution < -0.4 is 4.90 Å². The molecule has 3 aliphatic heterocycles. The Morgan fingerprint density at radius 2 is 1.86 bits per heavy atom. The quantitative estimate of drug-likeness (QED) is 0.744. The first-order chi connectivity index (χ1) is 13.9. The Morgan fingerprint density at radius 1 is 1.17 bits per heavy atom. The summed E-state index contributed by atoms with van der Waals surface area (Å²) in [5.41, 5.74) is 1.16. The van der Waals surface area contributed by atoms with Gasteiger partial charge in [0.1, 0.15) is 0 Å². The molecule has 5 rings (SSSR count). The number of hydrogen-bond donors (Lipinski definition) is 0. The third-order valence-electron chi connectivity index (χ3n) is 7.26. The third-order valence-corrected chi connectivity index (χ3v) is 8.35. The second-order valence-electron chi connectivity index (χ2n) is 9.45. The smallest absolute Gasteiger partial charge is 0.248 e. The SMILES string of the molecule is CN1CC2CCC(C1)N2c1nc2c(s1)CN(C(=O)CC1CCC(F)(F)CC1)CC2. The molecule has 1 amide bonds. The molecule has 0 radical (unpaired) electrons. The van der Waals surface area contributed by atoms with E-state index in [0.717, 1.165) is 30.3 Å². The van der Waals surface area contributed by atoms with Gasteiger partial charge >= 0.3 is 0 Å². The summed E-state index contributed by atoms with van der Waals surface area (Å²) in [6.45, 7) is 3.54. The molecule has 2 bridgehead atoms. The standard InChI is InChI=1S/C21H30F2N4OS/c1-25-11-15-2-3-16(12-25)27(15)20-24-17-6-9-26(13-18(17)29-20)19(28)10-14-4-7-21(22,23)8-5-14/h14-16H,2-13H2,1H3. The first-order valence-electron chi connectivity index (χ1n) is 11.0. The van der Waals surface area contributed by atoms with Gasteiger partial charge in [-0.25, -0.2) is 13.8 Å². The molecule has 1 aliphatic carbocycles. The number of carbonyl (C=O) groups excluding carboxylic acids is 1. The van der Waals surface area contributed by atoms with Crippen LogP contribution in [0.1, 0.15) is 55.5 Å². The van der Waals surface area contributed by atoms with Gasteiger partial charge in [-0.1, -0.05) is 11.3 Å². The van der Waals surface area contributed by atoms with E-state index in [9.17, 15) is 13.6 Å². The van der Waals surface area contributed by atoms with Crippen LogP contribution in [0.3, 0.4) is 0 Å². The molecule has 0 aromatic carbocycles. The molecule has 2 atom stereocenters. The van der Waals surface area contributed by atoms with Gasteiger partial charge in [0, 0.05) is 62.3 Å². The zero-order chi connectivity index (χ0) is 20.2. The van der Waals surface area contributed by atoms with E-state index in [2.05, 4.69) is 16.8 Å². The van der Waals surface area contributed by atoms with Crippen LogP contribution >= 0.6 is 11.3 Å². The van der Waals surface area contributed by atoms with Crippen molar-refractivity contribution < 1.29 is 13.6 Å². The van der Waals surface area contributed by atoms with E-state index >= 15 is 0 Å². The molecule has 3 fully saturated rings. The fraction of sp³-hybridized carbons (Fsp3) is 0.810. The Morgan fingerprint density at radius 3 is 2.55 bits per heavy atom. The average molecular weight is 425 g/mol. The highest BCUT2D eigenvalue weighted by molar-refractivity contribution is 7.15. The maximum absolute atomic E-state index is 13.4. The number of alkyl halides is 2. The Hall–Kier alpha value is -1.28. The number of anilines is 1. The number of halogens is 2. The van der Waals surface area contributed by atoms with Crippen molar-refractivity contribution in [3.8, 4) is 0 Å². The fourth-order valence-corrected chi connectivity index (χ4v) is 6.88. The number of likely N-dealkylation sites (N-methyl/N-ethyl adjacent to an activating group) is 1. The summed E-state index contributed by atoms with van der Waals surface area (Å²) in [6.07, 6.45) is 4.50. The van der Waals surface area contributed by atoms with E-state index in [0.29, 0.717) is 44.4 Å². The second-order valence-corrected chi connectivity index (χ2v) is 10.5. The van der Waals surface area contributed by atoms with Gasteiger partial charge < -0.3 is 14.7 Å². The Kier molecular flexibility index (Phi) is 5.05. The topological polar surface area (TPSA) is 39.7 Å². The lowest BCUT2D eigenvalue weighted by atomic mass is 9.84. The number of carbonyl (C=O) groups is 1. The molecule has 5 nitrogen and oxygen atoms in total. The van der Waals surface area contributed by atoms with E-state index in [1.165, 1.54) is 17.7 Å². The van der Waals surface area contributed by atoms with E-state index in [1.807, 2.05) is 4.90 Å². The van der Waals surface area contributed by atoms with Gasteiger partial charge in [0.25, 0.3) is 0 Å². The van der Waals surface area contributed by atoms with Crippen molar-refractivity contribution in [2.45, 2.75) is 75.9 Å². The highest BCUT2D eigenvalue weighted by Crippen LogP contribution is 2.40. The number of likely N-dealkylation sites (tertiary alicyclic amines) is 1. The lowest BCUT2D eigenvalue weighted by Crippen LogP contribution is -2.52. The van der Waals surface area contributed by atoms with E-state index in [-0.39, 0.29) is 24.7 Å². The highest BCUT2D eigenvalue weighted by atomic mass is 32.1. The Balaban J connectivity index is 1.22. The van der Waals surface area contributed by atoms with Crippen molar-refractivity contribution in [3.05, 3.63) is 10.6 Å². The summed E-state index contributed by atoms with van der Waals surface area (Å²) >= 11 is 1.76. The molecule has 2 unspecified atom stereocenters. The van der Waals surface area contributed by atoms with Gasteiger partial charge in [-0.2, -0.15) is 0 Å². The van der Waals surface area contributed by atoms with Crippen LogP contribution in [0.25, 0.3) is 0 Å². The van der Waals surface area contributed by atoms with Gasteiger partial charge in [-0.3, -0.25) is 4.79 Å². The summed E-state index contributed by atoms with van der Waals surface area (Å²) in [6, 6.07) is 1.13. The molecule has 8 heteroatoms. The summed E-state index contributed by atoms with van der Waals surface area (Å²) in [4.78, 5) is 25.9. The molecular weight excluding hydrogens is 394 g/mol. The summed E-state index contributed by atoms with van der Waals surface area (Å²) in [5, 5.41) is 1.14. The Labute approximate surface area is 175 Å². The fourth-order valence-electron chi connectivity index (χ4n) is 5.61. The van der Waals surface area contributed by atoms with Crippen LogP contribution in [-0.2, 0) is 17.8 Å². The van der Waals surface area contributed by atoms with Crippen molar-refractivity contribution in [2.24, 2.45) is 5.92 Å². The predicted molar refractivity (Wildman–Crippen MR) is 110 cm³/mol. The van der Waals surface area contributed by atoms with Crippen molar-refractivity contribution >= 4 is 22.4 Å². The average Bonchev–Trinajstić information content (AvgIpc) is 3.21.